The van der Waals surface area contributed by atoms with Crippen molar-refractivity contribution in [2.45, 2.75) is 69.7 Å². The number of halogens is 5. The van der Waals surface area contributed by atoms with Crippen LogP contribution in [0.2, 0.25) is 25.7 Å². The van der Waals surface area contributed by atoms with E-state index in [0.717, 1.165) is 31.0 Å². The van der Waals surface area contributed by atoms with Crippen LogP contribution in [0.25, 0.3) is 11.0 Å². The lowest BCUT2D eigenvalue weighted by Crippen LogP contribution is -2.42. The molecule has 2 aromatic heterocycles. The van der Waals surface area contributed by atoms with E-state index in [-0.39, 0.29) is 59.0 Å². The molecule has 8 nitrogen and oxygen atoms in total. The van der Waals surface area contributed by atoms with Gasteiger partial charge in [0, 0.05) is 63.5 Å². The number of benzene rings is 1. The van der Waals surface area contributed by atoms with Gasteiger partial charge in [-0.2, -0.15) is 13.2 Å². The van der Waals surface area contributed by atoms with Crippen LogP contribution in [0.4, 0.5) is 27.6 Å². The fourth-order valence-corrected chi connectivity index (χ4v) is 6.56. The molecule has 14 heteroatoms. The van der Waals surface area contributed by atoms with Crippen LogP contribution in [-0.2, 0) is 26.4 Å². The number of hydrogen-bond donors (Lipinski definition) is 1. The summed E-state index contributed by atoms with van der Waals surface area (Å²) in [6.45, 7) is 9.23. The van der Waals surface area contributed by atoms with E-state index < -0.39 is 37.0 Å². The minimum absolute atomic E-state index is 0.0185. The van der Waals surface area contributed by atoms with Gasteiger partial charge >= 0.3 is 6.18 Å². The molecule has 4 heterocycles. The van der Waals surface area contributed by atoms with Gasteiger partial charge in [-0.05, 0) is 43.4 Å². The Balaban J connectivity index is 1.27. The predicted molar refractivity (Wildman–Crippen MR) is 162 cm³/mol. The Morgan fingerprint density at radius 1 is 1.07 bits per heavy atom. The third-order valence-corrected chi connectivity index (χ3v) is 10.5. The zero-order chi connectivity index (χ0) is 32.0. The standard InChI is InChI=1S/C31H37F5N4O4Si/c1-45(2,3)13-12-42-19-40-16-21(30(5-6-30)31(34,35)36)25-24(4-9-37-27(25)40)44-26-22(32)14-20(15-23(26)33)39-28-38-17-29(18-43-28)7-10-41-11-8-29/h4,9,14-16H,5-8,10-13,17-19H2,1-3H3,(H,38,39). The molecule has 1 aliphatic carbocycles. The average Bonchev–Trinajstić information content (AvgIpc) is 3.71. The van der Waals surface area contributed by atoms with Gasteiger partial charge in [-0.25, -0.2) is 18.8 Å². The molecule has 0 unspecified atom stereocenters. The van der Waals surface area contributed by atoms with E-state index in [1.807, 2.05) is 0 Å². The first-order valence-corrected chi connectivity index (χ1v) is 18.8. The number of anilines is 1. The number of fused-ring (bicyclic) bond motifs is 1. The van der Waals surface area contributed by atoms with Crippen LogP contribution in [-0.4, -0.2) is 62.8 Å². The van der Waals surface area contributed by atoms with Gasteiger partial charge in [0.05, 0.1) is 24.0 Å². The first-order chi connectivity index (χ1) is 21.3. The number of hydrogen-bond acceptors (Lipinski definition) is 7. The molecule has 1 spiro atoms. The highest BCUT2D eigenvalue weighted by Crippen LogP contribution is 2.61. The summed E-state index contributed by atoms with van der Waals surface area (Å²) in [5.41, 5.74) is -2.01. The largest absolute Gasteiger partial charge is 0.464 e. The average molecular weight is 653 g/mol. The summed E-state index contributed by atoms with van der Waals surface area (Å²) < 4.78 is 98.0. The highest BCUT2D eigenvalue weighted by Gasteiger charge is 2.65. The number of pyridine rings is 1. The minimum Gasteiger partial charge on any atom is -0.464 e. The lowest BCUT2D eigenvalue weighted by atomic mass is 9.81. The third kappa shape index (κ3) is 6.54. The second-order valence-electron chi connectivity index (χ2n) is 13.5. The molecule has 45 heavy (non-hydrogen) atoms. The first kappa shape index (κ1) is 31.7. The molecule has 2 fully saturated rings. The van der Waals surface area contributed by atoms with Crippen molar-refractivity contribution < 1.29 is 40.9 Å². The Morgan fingerprint density at radius 3 is 2.38 bits per heavy atom. The van der Waals surface area contributed by atoms with Gasteiger partial charge < -0.3 is 28.8 Å². The fraction of sp³-hybridized carbons (Fsp3) is 0.548. The third-order valence-electron chi connectivity index (χ3n) is 8.84. The molecule has 0 amide bonds. The molecule has 0 radical (unpaired) electrons. The van der Waals surface area contributed by atoms with Gasteiger partial charge in [0.1, 0.15) is 18.1 Å². The first-order valence-electron chi connectivity index (χ1n) is 15.1. The van der Waals surface area contributed by atoms with Crippen LogP contribution in [0.1, 0.15) is 31.2 Å². The van der Waals surface area contributed by atoms with Crippen LogP contribution < -0.4 is 10.1 Å². The van der Waals surface area contributed by atoms with Crippen LogP contribution >= 0.6 is 0 Å². The van der Waals surface area contributed by atoms with Gasteiger partial charge in [-0.3, -0.25) is 0 Å². The SMILES string of the molecule is C[Si](C)(C)CCOCn1cc(C2(C(F)(F)F)CC2)c2c(Oc3c(F)cc(NC4=NCC5(CCOCC5)CO4)cc3F)ccnc21. The highest BCUT2D eigenvalue weighted by molar-refractivity contribution is 6.76. The number of alkyl halides is 3. The van der Waals surface area contributed by atoms with Crippen molar-refractivity contribution in [2.24, 2.45) is 10.4 Å². The lowest BCUT2D eigenvalue weighted by Gasteiger charge is -2.38. The molecule has 1 aromatic carbocycles. The van der Waals surface area contributed by atoms with Crippen LogP contribution in [0, 0.1) is 17.0 Å². The van der Waals surface area contributed by atoms with Crippen LogP contribution in [0.15, 0.2) is 35.6 Å². The molecule has 0 atom stereocenters. The Kier molecular flexibility index (Phi) is 8.36. The molecule has 6 rings (SSSR count). The quantitative estimate of drug-likeness (QED) is 0.146. The van der Waals surface area contributed by atoms with Gasteiger partial charge in [-0.15, -0.1) is 0 Å². The van der Waals surface area contributed by atoms with Crippen molar-refractivity contribution in [1.82, 2.24) is 9.55 Å². The number of aliphatic imine (C=N–C) groups is 1. The summed E-state index contributed by atoms with van der Waals surface area (Å²) >= 11 is 0. The smallest absolute Gasteiger partial charge is 0.398 e. The lowest BCUT2D eigenvalue weighted by molar-refractivity contribution is -0.160. The van der Waals surface area contributed by atoms with Crippen molar-refractivity contribution in [2.75, 3.05) is 38.3 Å². The molecule has 2 aliphatic heterocycles. The summed E-state index contributed by atoms with van der Waals surface area (Å²) in [5.74, 6) is -2.98. The molecular formula is C31H37F5N4O4Si. The Bertz CT molecular complexity index is 1570. The van der Waals surface area contributed by atoms with Crippen LogP contribution in [0.3, 0.4) is 0 Å². The second kappa shape index (κ2) is 11.8. The van der Waals surface area contributed by atoms with Crippen molar-refractivity contribution in [3.8, 4) is 11.5 Å². The number of ether oxygens (including phenoxy) is 4. The second-order valence-corrected chi connectivity index (χ2v) is 19.1. The van der Waals surface area contributed by atoms with Crippen LogP contribution in [0.5, 0.6) is 11.5 Å². The zero-order valence-electron chi connectivity index (χ0n) is 25.5. The van der Waals surface area contributed by atoms with E-state index in [1.165, 1.54) is 23.0 Å². The maximum atomic E-state index is 15.4. The number of nitrogens with one attached hydrogen (secondary N) is 1. The number of aromatic nitrogens is 2. The molecule has 1 saturated heterocycles. The molecule has 1 saturated carbocycles. The Labute approximate surface area is 258 Å². The van der Waals surface area contributed by atoms with E-state index in [9.17, 15) is 13.2 Å². The molecule has 3 aromatic rings. The van der Waals surface area contributed by atoms with Gasteiger partial charge in [-0.1, -0.05) is 19.6 Å². The molecular weight excluding hydrogens is 615 g/mol. The number of nitrogens with zero attached hydrogens (tertiary/aromatic N) is 3. The number of rotatable bonds is 9. The maximum absolute atomic E-state index is 15.4. The zero-order valence-corrected chi connectivity index (χ0v) is 26.5. The molecule has 244 valence electrons. The van der Waals surface area contributed by atoms with Crippen molar-refractivity contribution in [3.63, 3.8) is 0 Å². The number of amidine groups is 1. The molecule has 3 aliphatic rings. The Morgan fingerprint density at radius 2 is 1.78 bits per heavy atom. The normalized spacial score (nSPS) is 19.3. The molecule has 1 N–H and O–H groups in total. The summed E-state index contributed by atoms with van der Waals surface area (Å²) in [7, 11) is -1.39. The van der Waals surface area contributed by atoms with E-state index in [0.29, 0.717) is 33.0 Å². The van der Waals surface area contributed by atoms with E-state index in [2.05, 4.69) is 34.9 Å². The summed E-state index contributed by atoms with van der Waals surface area (Å²) in [4.78, 5) is 8.75. The molecule has 0 bridgehead atoms. The minimum atomic E-state index is -4.53. The predicted octanol–water partition coefficient (Wildman–Crippen LogP) is 7.61. The summed E-state index contributed by atoms with van der Waals surface area (Å²) in [6.07, 6.45) is -0.383. The summed E-state index contributed by atoms with van der Waals surface area (Å²) in [5, 5.41) is 2.86. The van der Waals surface area contributed by atoms with E-state index >= 15 is 8.78 Å². The van der Waals surface area contributed by atoms with Crippen molar-refractivity contribution in [1.29, 1.82) is 0 Å². The Hall–Kier alpha value is -3.23. The van der Waals surface area contributed by atoms with Gasteiger partial charge in [0.2, 0.25) is 0 Å². The maximum Gasteiger partial charge on any atom is 0.398 e. The van der Waals surface area contributed by atoms with Gasteiger partial charge in [0.25, 0.3) is 6.02 Å². The topological polar surface area (TPSA) is 79.1 Å². The van der Waals surface area contributed by atoms with Crippen molar-refractivity contribution in [3.05, 3.63) is 47.8 Å². The van der Waals surface area contributed by atoms with Crippen molar-refractivity contribution >= 4 is 30.8 Å². The van der Waals surface area contributed by atoms with Gasteiger partial charge in [0.15, 0.2) is 17.4 Å². The monoisotopic (exact) mass is 652 g/mol. The van der Waals surface area contributed by atoms with E-state index in [4.69, 9.17) is 18.9 Å². The summed E-state index contributed by atoms with van der Waals surface area (Å²) in [6, 6.07) is 4.40. The fourth-order valence-electron chi connectivity index (χ4n) is 5.80. The van der Waals surface area contributed by atoms with E-state index in [1.54, 1.807) is 0 Å². The highest BCUT2D eigenvalue weighted by atomic mass is 28.3.